The Kier molecular flexibility index (Phi) is 5.03. The molecule has 0 atom stereocenters. The molecule has 3 aromatic rings. The predicted octanol–water partition coefficient (Wildman–Crippen LogP) is 2.43. The lowest BCUT2D eigenvalue weighted by Gasteiger charge is -2.33. The second-order valence-corrected chi connectivity index (χ2v) is 8.23. The maximum absolute atomic E-state index is 12.0. The van der Waals surface area contributed by atoms with Gasteiger partial charge in [0.2, 0.25) is 0 Å². The molecule has 4 heterocycles. The summed E-state index contributed by atoms with van der Waals surface area (Å²) < 4.78 is 0. The first-order valence-electron chi connectivity index (χ1n) is 10.7. The second-order valence-electron chi connectivity index (χ2n) is 8.23. The maximum Gasteiger partial charge on any atom is 0.251 e. The van der Waals surface area contributed by atoms with Gasteiger partial charge in [-0.1, -0.05) is 12.1 Å². The van der Waals surface area contributed by atoms with Gasteiger partial charge in [-0.15, -0.1) is 0 Å². The number of rotatable bonds is 3. The number of nitrogen functional groups attached to an aromatic ring is 1. The fraction of sp³-hybridized carbons (Fsp3) is 0.292. The summed E-state index contributed by atoms with van der Waals surface area (Å²) in [6, 6.07) is 12.1. The number of likely N-dealkylation sites (N-methyl/N-ethyl adjacent to an activating group) is 1. The van der Waals surface area contributed by atoms with E-state index in [-0.39, 0.29) is 5.91 Å². The minimum atomic E-state index is -0.0164. The number of carbonyl (C=O) groups is 1. The summed E-state index contributed by atoms with van der Waals surface area (Å²) in [7, 11) is 2.15. The molecule has 7 nitrogen and oxygen atoms in total. The van der Waals surface area contributed by atoms with E-state index in [1.165, 1.54) is 0 Å². The van der Waals surface area contributed by atoms with E-state index in [0.29, 0.717) is 12.4 Å². The number of benzene rings is 1. The molecule has 1 amide bonds. The minimum absolute atomic E-state index is 0.0164. The molecule has 2 aliphatic heterocycles. The summed E-state index contributed by atoms with van der Waals surface area (Å²) in [6.07, 6.45) is 4.52. The van der Waals surface area contributed by atoms with Crippen LogP contribution in [0.1, 0.15) is 15.9 Å². The van der Waals surface area contributed by atoms with Gasteiger partial charge < -0.3 is 20.9 Å². The largest absolute Gasteiger partial charge is 0.383 e. The van der Waals surface area contributed by atoms with Crippen molar-refractivity contribution >= 4 is 17.4 Å². The quantitative estimate of drug-likeness (QED) is 0.685. The first-order valence-corrected chi connectivity index (χ1v) is 10.7. The van der Waals surface area contributed by atoms with Crippen LogP contribution < -0.4 is 16.0 Å². The maximum atomic E-state index is 12.0. The Morgan fingerprint density at radius 2 is 1.77 bits per heavy atom. The fourth-order valence-corrected chi connectivity index (χ4v) is 4.25. The number of amides is 1. The number of anilines is 2. The molecule has 1 fully saturated rings. The van der Waals surface area contributed by atoms with E-state index in [0.717, 1.165) is 71.8 Å². The van der Waals surface area contributed by atoms with Crippen LogP contribution in [0, 0.1) is 0 Å². The highest BCUT2D eigenvalue weighted by atomic mass is 16.1. The smallest absolute Gasteiger partial charge is 0.251 e. The molecule has 3 N–H and O–H groups in total. The van der Waals surface area contributed by atoms with Gasteiger partial charge in [0.1, 0.15) is 5.82 Å². The van der Waals surface area contributed by atoms with Gasteiger partial charge >= 0.3 is 0 Å². The van der Waals surface area contributed by atoms with Crippen LogP contribution in [0.2, 0.25) is 0 Å². The highest BCUT2D eigenvalue weighted by Gasteiger charge is 2.18. The summed E-state index contributed by atoms with van der Waals surface area (Å²) in [4.78, 5) is 25.9. The summed E-state index contributed by atoms with van der Waals surface area (Å²) in [6.45, 7) is 4.82. The third kappa shape index (κ3) is 3.84. The van der Waals surface area contributed by atoms with Crippen LogP contribution in [0.3, 0.4) is 0 Å². The van der Waals surface area contributed by atoms with Crippen LogP contribution in [-0.4, -0.2) is 60.5 Å². The number of hydrogen-bond acceptors (Lipinski definition) is 6. The third-order valence-electron chi connectivity index (χ3n) is 6.17. The van der Waals surface area contributed by atoms with Gasteiger partial charge in [-0.25, -0.2) is 4.98 Å². The molecule has 31 heavy (non-hydrogen) atoms. The number of hydrogen-bond donors (Lipinski definition) is 2. The van der Waals surface area contributed by atoms with E-state index < -0.39 is 0 Å². The summed E-state index contributed by atoms with van der Waals surface area (Å²) in [5.41, 5.74) is 12.7. The van der Waals surface area contributed by atoms with Crippen LogP contribution in [0.25, 0.3) is 22.4 Å². The molecule has 0 saturated carbocycles. The van der Waals surface area contributed by atoms with Gasteiger partial charge in [-0.3, -0.25) is 9.78 Å². The lowest BCUT2D eigenvalue weighted by molar-refractivity contribution is 0.0946. The fourth-order valence-electron chi connectivity index (χ4n) is 4.25. The van der Waals surface area contributed by atoms with Crippen molar-refractivity contribution in [3.05, 3.63) is 59.9 Å². The molecule has 7 heteroatoms. The van der Waals surface area contributed by atoms with Crippen molar-refractivity contribution in [3.8, 4) is 22.4 Å². The zero-order chi connectivity index (χ0) is 21.4. The number of nitrogens with zero attached hydrogens (tertiary/aromatic N) is 4. The molecule has 0 radical (unpaired) electrons. The number of nitrogens with one attached hydrogen (secondary N) is 1. The van der Waals surface area contributed by atoms with Crippen LogP contribution in [-0.2, 0) is 6.42 Å². The predicted molar refractivity (Wildman–Crippen MR) is 123 cm³/mol. The molecule has 1 saturated heterocycles. The topological polar surface area (TPSA) is 87.4 Å². The van der Waals surface area contributed by atoms with Crippen LogP contribution in [0.5, 0.6) is 0 Å². The SMILES string of the molecule is CN1CCN(c2ccc(-c3cnc(N)c(-c4ccc5c(c4)CCNC5=O)c3)nc2)CC1. The molecule has 158 valence electrons. The van der Waals surface area contributed by atoms with Gasteiger partial charge in [-0.05, 0) is 48.9 Å². The highest BCUT2D eigenvalue weighted by molar-refractivity contribution is 5.97. The van der Waals surface area contributed by atoms with Crippen molar-refractivity contribution < 1.29 is 4.79 Å². The number of fused-ring (bicyclic) bond motifs is 1. The lowest BCUT2D eigenvalue weighted by atomic mass is 9.94. The number of nitrogens with two attached hydrogens (primary N) is 1. The van der Waals surface area contributed by atoms with Crippen LogP contribution >= 0.6 is 0 Å². The summed E-state index contributed by atoms with van der Waals surface area (Å²) in [5.74, 6) is 0.454. The molecule has 2 aromatic heterocycles. The molecular weight excluding hydrogens is 388 g/mol. The van der Waals surface area contributed by atoms with Crippen LogP contribution in [0.15, 0.2) is 48.8 Å². The zero-order valence-electron chi connectivity index (χ0n) is 17.6. The van der Waals surface area contributed by atoms with E-state index in [4.69, 9.17) is 10.7 Å². The first-order chi connectivity index (χ1) is 15.1. The normalized spacial score (nSPS) is 16.7. The van der Waals surface area contributed by atoms with Crippen molar-refractivity contribution in [2.24, 2.45) is 0 Å². The third-order valence-corrected chi connectivity index (χ3v) is 6.17. The minimum Gasteiger partial charge on any atom is -0.383 e. The average molecular weight is 415 g/mol. The molecule has 0 unspecified atom stereocenters. The summed E-state index contributed by atoms with van der Waals surface area (Å²) in [5, 5.41) is 2.88. The average Bonchev–Trinajstić information content (AvgIpc) is 2.80. The van der Waals surface area contributed by atoms with Gasteiger partial charge in [0, 0.05) is 55.6 Å². The van der Waals surface area contributed by atoms with E-state index in [1.54, 1.807) is 6.20 Å². The Balaban J connectivity index is 1.43. The van der Waals surface area contributed by atoms with Gasteiger partial charge in [0.25, 0.3) is 5.91 Å². The Bertz CT molecular complexity index is 1120. The monoisotopic (exact) mass is 414 g/mol. The molecular formula is C24H26N6O. The Morgan fingerprint density at radius 1 is 0.935 bits per heavy atom. The van der Waals surface area contributed by atoms with E-state index in [2.05, 4.69) is 39.3 Å². The van der Waals surface area contributed by atoms with Gasteiger partial charge in [0.05, 0.1) is 17.6 Å². The first kappa shape index (κ1) is 19.5. The highest BCUT2D eigenvalue weighted by Crippen LogP contribution is 2.31. The Hall–Kier alpha value is -3.45. The molecule has 0 bridgehead atoms. The molecule has 0 spiro atoms. The van der Waals surface area contributed by atoms with Gasteiger partial charge in [0.15, 0.2) is 0 Å². The van der Waals surface area contributed by atoms with Crippen molar-refractivity contribution in [1.82, 2.24) is 20.2 Å². The van der Waals surface area contributed by atoms with E-state index >= 15 is 0 Å². The molecule has 1 aromatic carbocycles. The van der Waals surface area contributed by atoms with Crippen molar-refractivity contribution in [1.29, 1.82) is 0 Å². The number of carbonyl (C=O) groups excluding carboxylic acids is 1. The number of pyridine rings is 2. The van der Waals surface area contributed by atoms with Crippen LogP contribution in [0.4, 0.5) is 11.5 Å². The molecule has 2 aliphatic rings. The Morgan fingerprint density at radius 3 is 2.55 bits per heavy atom. The van der Waals surface area contributed by atoms with Crippen molar-refractivity contribution in [2.75, 3.05) is 50.4 Å². The van der Waals surface area contributed by atoms with Crippen molar-refractivity contribution in [2.45, 2.75) is 6.42 Å². The number of piperazine rings is 1. The van der Waals surface area contributed by atoms with E-state index in [1.807, 2.05) is 30.5 Å². The standard InChI is InChI=1S/C24H26N6O/c1-29-8-10-30(11-9-29)19-3-5-22(27-15-19)18-13-21(23(25)28-14-18)16-2-4-20-17(12-16)6-7-26-24(20)31/h2-5,12-15H,6-11H2,1H3,(H2,25,28)(H,26,31). The Labute approximate surface area is 181 Å². The number of aromatic nitrogens is 2. The molecule has 5 rings (SSSR count). The van der Waals surface area contributed by atoms with Gasteiger partial charge in [-0.2, -0.15) is 0 Å². The second kappa shape index (κ2) is 8.00. The zero-order valence-corrected chi connectivity index (χ0v) is 17.6. The summed E-state index contributed by atoms with van der Waals surface area (Å²) >= 11 is 0. The molecule has 0 aliphatic carbocycles. The van der Waals surface area contributed by atoms with Crippen molar-refractivity contribution in [3.63, 3.8) is 0 Å². The lowest BCUT2D eigenvalue weighted by Crippen LogP contribution is -2.44. The van der Waals surface area contributed by atoms with E-state index in [9.17, 15) is 4.79 Å².